The SMILES string of the molecule is CC1(C)Cc2cccc(CNc3ccc(N4CCOCC4)cn3)c2O1. The maximum absolute atomic E-state index is 6.13. The number of rotatable bonds is 4. The number of benzene rings is 1. The minimum Gasteiger partial charge on any atom is -0.487 e. The van der Waals surface area contributed by atoms with Crippen molar-refractivity contribution in [3.05, 3.63) is 47.7 Å². The second kappa shape index (κ2) is 6.56. The first kappa shape index (κ1) is 16.2. The lowest BCUT2D eigenvalue weighted by Crippen LogP contribution is -2.36. The molecular weight excluding hydrogens is 314 g/mol. The second-order valence-corrected chi connectivity index (χ2v) is 7.30. The lowest BCUT2D eigenvalue weighted by molar-refractivity contribution is 0.122. The van der Waals surface area contributed by atoms with Crippen LogP contribution >= 0.6 is 0 Å². The first-order valence-corrected chi connectivity index (χ1v) is 8.93. The lowest BCUT2D eigenvalue weighted by atomic mass is 10.0. The smallest absolute Gasteiger partial charge is 0.128 e. The van der Waals surface area contributed by atoms with Gasteiger partial charge in [0.15, 0.2) is 0 Å². The molecule has 1 aromatic carbocycles. The van der Waals surface area contributed by atoms with E-state index in [1.165, 1.54) is 11.1 Å². The average Bonchev–Trinajstić information content (AvgIpc) is 2.95. The summed E-state index contributed by atoms with van der Waals surface area (Å²) < 4.78 is 11.5. The van der Waals surface area contributed by atoms with Crippen LogP contribution in [0.5, 0.6) is 5.75 Å². The zero-order valence-electron chi connectivity index (χ0n) is 14.9. The molecule has 5 heteroatoms. The minimum atomic E-state index is -0.115. The molecule has 2 aliphatic heterocycles. The van der Waals surface area contributed by atoms with Crippen molar-refractivity contribution in [2.45, 2.75) is 32.4 Å². The van der Waals surface area contributed by atoms with Gasteiger partial charge in [0.1, 0.15) is 17.2 Å². The van der Waals surface area contributed by atoms with E-state index in [1.54, 1.807) is 0 Å². The van der Waals surface area contributed by atoms with Crippen molar-refractivity contribution in [2.75, 3.05) is 36.5 Å². The number of anilines is 2. The number of hydrogen-bond acceptors (Lipinski definition) is 5. The van der Waals surface area contributed by atoms with E-state index in [-0.39, 0.29) is 5.60 Å². The van der Waals surface area contributed by atoms with Gasteiger partial charge in [0.25, 0.3) is 0 Å². The zero-order valence-corrected chi connectivity index (χ0v) is 14.9. The van der Waals surface area contributed by atoms with Crippen molar-refractivity contribution in [3.8, 4) is 5.75 Å². The van der Waals surface area contributed by atoms with E-state index in [4.69, 9.17) is 9.47 Å². The molecule has 4 rings (SSSR count). The van der Waals surface area contributed by atoms with Crippen LogP contribution in [0.25, 0.3) is 0 Å². The van der Waals surface area contributed by atoms with Crippen LogP contribution in [-0.4, -0.2) is 36.9 Å². The van der Waals surface area contributed by atoms with Gasteiger partial charge in [-0.15, -0.1) is 0 Å². The third-order valence-electron chi connectivity index (χ3n) is 4.76. The number of nitrogens with zero attached hydrogens (tertiary/aromatic N) is 2. The molecule has 0 aliphatic carbocycles. The Hall–Kier alpha value is -2.27. The predicted octanol–water partition coefficient (Wildman–Crippen LogP) is 3.24. The molecule has 0 spiro atoms. The molecular formula is C20H25N3O2. The molecule has 25 heavy (non-hydrogen) atoms. The largest absolute Gasteiger partial charge is 0.487 e. The number of nitrogens with one attached hydrogen (secondary N) is 1. The first-order valence-electron chi connectivity index (χ1n) is 8.93. The Labute approximate surface area is 149 Å². The van der Waals surface area contributed by atoms with Crippen LogP contribution in [0.2, 0.25) is 0 Å². The van der Waals surface area contributed by atoms with E-state index < -0.39 is 0 Å². The van der Waals surface area contributed by atoms with E-state index in [0.717, 1.165) is 50.0 Å². The van der Waals surface area contributed by atoms with Crippen molar-refractivity contribution in [3.63, 3.8) is 0 Å². The molecule has 0 atom stereocenters. The van der Waals surface area contributed by atoms with Gasteiger partial charge in [-0.05, 0) is 31.5 Å². The minimum absolute atomic E-state index is 0.115. The Morgan fingerprint density at radius 3 is 2.76 bits per heavy atom. The van der Waals surface area contributed by atoms with Gasteiger partial charge in [0, 0.05) is 31.6 Å². The van der Waals surface area contributed by atoms with Gasteiger partial charge in [-0.2, -0.15) is 0 Å². The molecule has 0 unspecified atom stereocenters. The van der Waals surface area contributed by atoms with Crippen molar-refractivity contribution < 1.29 is 9.47 Å². The van der Waals surface area contributed by atoms with E-state index >= 15 is 0 Å². The molecule has 0 amide bonds. The molecule has 3 heterocycles. The van der Waals surface area contributed by atoms with Crippen LogP contribution in [0.1, 0.15) is 25.0 Å². The molecule has 2 aliphatic rings. The van der Waals surface area contributed by atoms with Crippen LogP contribution < -0.4 is 15.0 Å². The average molecular weight is 339 g/mol. The van der Waals surface area contributed by atoms with E-state index in [2.05, 4.69) is 53.3 Å². The van der Waals surface area contributed by atoms with Crippen LogP contribution in [0.15, 0.2) is 36.5 Å². The molecule has 1 saturated heterocycles. The Balaban J connectivity index is 1.42. The fraction of sp³-hybridized carbons (Fsp3) is 0.450. The quantitative estimate of drug-likeness (QED) is 0.926. The molecule has 1 fully saturated rings. The third kappa shape index (κ3) is 3.56. The number of pyridine rings is 1. The van der Waals surface area contributed by atoms with Crippen molar-refractivity contribution in [1.29, 1.82) is 0 Å². The zero-order chi connectivity index (χ0) is 17.3. The van der Waals surface area contributed by atoms with Crippen LogP contribution in [0.4, 0.5) is 11.5 Å². The number of para-hydroxylation sites is 1. The number of fused-ring (bicyclic) bond motifs is 1. The Morgan fingerprint density at radius 1 is 1.16 bits per heavy atom. The highest BCUT2D eigenvalue weighted by Crippen LogP contribution is 2.37. The summed E-state index contributed by atoms with van der Waals surface area (Å²) in [4.78, 5) is 6.86. The fourth-order valence-electron chi connectivity index (χ4n) is 3.50. The van der Waals surface area contributed by atoms with Crippen molar-refractivity contribution in [2.24, 2.45) is 0 Å². The van der Waals surface area contributed by atoms with E-state index in [9.17, 15) is 0 Å². The second-order valence-electron chi connectivity index (χ2n) is 7.30. The molecule has 2 aromatic rings. The third-order valence-corrected chi connectivity index (χ3v) is 4.76. The topological polar surface area (TPSA) is 46.6 Å². The van der Waals surface area contributed by atoms with Gasteiger partial charge in [0.05, 0.1) is 25.1 Å². The summed E-state index contributed by atoms with van der Waals surface area (Å²) in [7, 11) is 0. The van der Waals surface area contributed by atoms with Gasteiger partial charge in [0.2, 0.25) is 0 Å². The highest BCUT2D eigenvalue weighted by Gasteiger charge is 2.31. The molecule has 5 nitrogen and oxygen atoms in total. The highest BCUT2D eigenvalue weighted by molar-refractivity contribution is 5.51. The van der Waals surface area contributed by atoms with E-state index in [0.29, 0.717) is 6.54 Å². The summed E-state index contributed by atoms with van der Waals surface area (Å²) in [6.45, 7) is 8.41. The molecule has 0 bridgehead atoms. The summed E-state index contributed by atoms with van der Waals surface area (Å²) in [5.41, 5.74) is 3.51. The summed E-state index contributed by atoms with van der Waals surface area (Å²) in [6.07, 6.45) is 2.89. The van der Waals surface area contributed by atoms with Gasteiger partial charge < -0.3 is 19.7 Å². The van der Waals surface area contributed by atoms with Crippen LogP contribution in [0.3, 0.4) is 0 Å². The summed E-state index contributed by atoms with van der Waals surface area (Å²) >= 11 is 0. The van der Waals surface area contributed by atoms with Crippen LogP contribution in [-0.2, 0) is 17.7 Å². The van der Waals surface area contributed by atoms with Gasteiger partial charge in [-0.3, -0.25) is 0 Å². The van der Waals surface area contributed by atoms with Crippen molar-refractivity contribution >= 4 is 11.5 Å². The number of hydrogen-bond donors (Lipinski definition) is 1. The van der Waals surface area contributed by atoms with Gasteiger partial charge >= 0.3 is 0 Å². The Bertz CT molecular complexity index is 737. The summed E-state index contributed by atoms with van der Waals surface area (Å²) in [5, 5.41) is 3.41. The molecule has 0 radical (unpaired) electrons. The van der Waals surface area contributed by atoms with Crippen LogP contribution in [0, 0.1) is 0 Å². The molecule has 1 N–H and O–H groups in total. The van der Waals surface area contributed by atoms with Gasteiger partial charge in [-0.1, -0.05) is 18.2 Å². The monoisotopic (exact) mass is 339 g/mol. The van der Waals surface area contributed by atoms with Gasteiger partial charge in [-0.25, -0.2) is 4.98 Å². The van der Waals surface area contributed by atoms with E-state index in [1.807, 2.05) is 12.3 Å². The number of ether oxygens (including phenoxy) is 2. The first-order chi connectivity index (χ1) is 12.1. The summed E-state index contributed by atoms with van der Waals surface area (Å²) in [6, 6.07) is 10.5. The molecule has 132 valence electrons. The maximum atomic E-state index is 6.13. The fourth-order valence-corrected chi connectivity index (χ4v) is 3.50. The Kier molecular flexibility index (Phi) is 4.25. The predicted molar refractivity (Wildman–Crippen MR) is 99.4 cm³/mol. The summed E-state index contributed by atoms with van der Waals surface area (Å²) in [5.74, 6) is 1.91. The van der Waals surface area contributed by atoms with Crippen molar-refractivity contribution in [1.82, 2.24) is 4.98 Å². The molecule has 1 aromatic heterocycles. The Morgan fingerprint density at radius 2 is 2.00 bits per heavy atom. The number of morpholine rings is 1. The number of aromatic nitrogens is 1. The lowest BCUT2D eigenvalue weighted by Gasteiger charge is -2.28. The maximum Gasteiger partial charge on any atom is 0.128 e. The molecule has 0 saturated carbocycles. The standard InChI is InChI=1S/C20H25N3O2/c1-20(2)12-15-4-3-5-16(19(15)25-20)13-21-18-7-6-17(14-22-18)23-8-10-24-11-9-23/h3-7,14H,8-13H2,1-2H3,(H,21,22). The normalized spacial score (nSPS) is 18.6. The highest BCUT2D eigenvalue weighted by atomic mass is 16.5.